The molecule has 0 radical (unpaired) electrons. The van der Waals surface area contributed by atoms with Gasteiger partial charge in [0.2, 0.25) is 5.91 Å². The Bertz CT molecular complexity index is 1290. The van der Waals surface area contributed by atoms with E-state index in [0.717, 1.165) is 44.5 Å². The number of aromatic nitrogens is 1. The lowest BCUT2D eigenvalue weighted by molar-refractivity contribution is -0.111. The highest BCUT2D eigenvalue weighted by molar-refractivity contribution is 6.05. The van der Waals surface area contributed by atoms with Crippen LogP contribution in [0.1, 0.15) is 18.1 Å². The highest BCUT2D eigenvalue weighted by Gasteiger charge is 2.19. The van der Waals surface area contributed by atoms with Crippen LogP contribution in [0.3, 0.4) is 0 Å². The van der Waals surface area contributed by atoms with E-state index in [9.17, 15) is 4.79 Å². The van der Waals surface area contributed by atoms with Gasteiger partial charge in [-0.15, -0.1) is 0 Å². The van der Waals surface area contributed by atoms with Gasteiger partial charge in [0.25, 0.3) is 0 Å². The standard InChI is InChI=1S/C26H24N2O4/c1-16(13-24(29)28-23-7-5-6-12-27-23)20-14-21-22(18-8-10-19(30-3)11-9-18)15-32-26(21)17(2)25(20)31-4/h5-15H,1-4H3,(H,27,28,29)/b16-13+. The van der Waals surface area contributed by atoms with Gasteiger partial charge < -0.3 is 19.2 Å². The first-order valence-corrected chi connectivity index (χ1v) is 10.2. The average molecular weight is 428 g/mol. The van der Waals surface area contributed by atoms with Gasteiger partial charge in [0.1, 0.15) is 22.9 Å². The number of benzene rings is 2. The molecule has 0 bridgehead atoms. The second-order valence-electron chi connectivity index (χ2n) is 7.37. The molecule has 6 heteroatoms. The molecule has 0 spiro atoms. The van der Waals surface area contributed by atoms with E-state index in [4.69, 9.17) is 13.9 Å². The second kappa shape index (κ2) is 8.98. The molecule has 4 aromatic rings. The van der Waals surface area contributed by atoms with E-state index in [1.807, 2.05) is 50.2 Å². The molecule has 0 saturated heterocycles. The van der Waals surface area contributed by atoms with Crippen molar-refractivity contribution >= 4 is 28.3 Å². The predicted molar refractivity (Wildman–Crippen MR) is 126 cm³/mol. The number of amides is 1. The number of pyridine rings is 1. The van der Waals surface area contributed by atoms with Crippen LogP contribution in [0.15, 0.2) is 71.5 Å². The van der Waals surface area contributed by atoms with Crippen LogP contribution in [0.2, 0.25) is 0 Å². The molecule has 32 heavy (non-hydrogen) atoms. The van der Waals surface area contributed by atoms with Crippen LogP contribution in [0.4, 0.5) is 5.82 Å². The van der Waals surface area contributed by atoms with Gasteiger partial charge in [-0.1, -0.05) is 18.2 Å². The lowest BCUT2D eigenvalue weighted by atomic mass is 9.96. The molecule has 1 N–H and O–H groups in total. The number of nitrogens with zero attached hydrogens (tertiary/aromatic N) is 1. The number of hydrogen-bond donors (Lipinski definition) is 1. The summed E-state index contributed by atoms with van der Waals surface area (Å²) < 4.78 is 16.9. The Labute approximate surface area is 186 Å². The van der Waals surface area contributed by atoms with Crippen LogP contribution in [0, 0.1) is 6.92 Å². The first-order chi connectivity index (χ1) is 15.5. The number of hydrogen-bond acceptors (Lipinski definition) is 5. The molecule has 0 saturated carbocycles. The molecule has 0 atom stereocenters. The van der Waals surface area contributed by atoms with Crippen LogP contribution in [-0.4, -0.2) is 25.1 Å². The minimum Gasteiger partial charge on any atom is -0.497 e. The van der Waals surface area contributed by atoms with Gasteiger partial charge in [0, 0.05) is 34.3 Å². The number of nitrogens with one attached hydrogen (secondary N) is 1. The number of methoxy groups -OCH3 is 2. The Morgan fingerprint density at radius 1 is 1.09 bits per heavy atom. The van der Waals surface area contributed by atoms with Crippen molar-refractivity contribution < 1.29 is 18.7 Å². The highest BCUT2D eigenvalue weighted by atomic mass is 16.5. The molecule has 0 aliphatic carbocycles. The first-order valence-electron chi connectivity index (χ1n) is 10.2. The SMILES string of the molecule is COc1ccc(-c2coc3c(C)c(OC)c(/C(C)=C/C(=O)Nc4ccccn4)cc23)cc1. The fraction of sp³-hybridized carbons (Fsp3) is 0.154. The summed E-state index contributed by atoms with van der Waals surface area (Å²) in [5, 5.41) is 3.72. The number of ether oxygens (including phenoxy) is 2. The minimum absolute atomic E-state index is 0.261. The summed E-state index contributed by atoms with van der Waals surface area (Å²) in [5.41, 5.74) is 5.18. The number of aryl methyl sites for hydroxylation is 1. The van der Waals surface area contributed by atoms with Crippen LogP contribution in [0.25, 0.3) is 27.7 Å². The van der Waals surface area contributed by atoms with E-state index in [1.54, 1.807) is 44.9 Å². The molecule has 0 fully saturated rings. The maximum absolute atomic E-state index is 12.5. The lowest BCUT2D eigenvalue weighted by Crippen LogP contribution is -2.09. The Hall–Kier alpha value is -4.06. The van der Waals surface area contributed by atoms with Gasteiger partial charge >= 0.3 is 0 Å². The maximum Gasteiger partial charge on any atom is 0.249 e. The number of carbonyl (C=O) groups is 1. The van der Waals surface area contributed by atoms with Crippen molar-refractivity contribution in [2.45, 2.75) is 13.8 Å². The smallest absolute Gasteiger partial charge is 0.249 e. The molecular formula is C26H24N2O4. The molecule has 0 unspecified atom stereocenters. The summed E-state index contributed by atoms with van der Waals surface area (Å²) in [6.07, 6.45) is 4.92. The summed E-state index contributed by atoms with van der Waals surface area (Å²) in [5.74, 6) is 1.70. The number of rotatable bonds is 6. The number of allylic oxidation sites excluding steroid dienone is 1. The number of furan rings is 1. The second-order valence-corrected chi connectivity index (χ2v) is 7.37. The topological polar surface area (TPSA) is 73.6 Å². The quantitative estimate of drug-likeness (QED) is 0.389. The van der Waals surface area contributed by atoms with Crippen molar-refractivity contribution in [2.24, 2.45) is 0 Å². The summed E-state index contributed by atoms with van der Waals surface area (Å²) >= 11 is 0. The third-order valence-corrected chi connectivity index (χ3v) is 5.34. The lowest BCUT2D eigenvalue weighted by Gasteiger charge is -2.13. The molecule has 2 aromatic carbocycles. The zero-order chi connectivity index (χ0) is 22.7. The van der Waals surface area contributed by atoms with Crippen LogP contribution >= 0.6 is 0 Å². The number of anilines is 1. The van der Waals surface area contributed by atoms with Crippen molar-refractivity contribution in [2.75, 3.05) is 19.5 Å². The van der Waals surface area contributed by atoms with E-state index in [2.05, 4.69) is 10.3 Å². The maximum atomic E-state index is 12.5. The minimum atomic E-state index is -0.261. The fourth-order valence-corrected chi connectivity index (χ4v) is 3.74. The molecule has 2 heterocycles. The summed E-state index contributed by atoms with van der Waals surface area (Å²) in [4.78, 5) is 16.7. The summed E-state index contributed by atoms with van der Waals surface area (Å²) in [6, 6.07) is 15.2. The average Bonchev–Trinajstić information content (AvgIpc) is 3.24. The summed E-state index contributed by atoms with van der Waals surface area (Å²) in [7, 11) is 3.26. The molecular weight excluding hydrogens is 404 g/mol. The molecule has 4 rings (SSSR count). The van der Waals surface area contributed by atoms with Gasteiger partial charge in [0.05, 0.1) is 20.5 Å². The number of carbonyl (C=O) groups excluding carboxylic acids is 1. The zero-order valence-corrected chi connectivity index (χ0v) is 18.4. The Morgan fingerprint density at radius 2 is 1.88 bits per heavy atom. The van der Waals surface area contributed by atoms with E-state index >= 15 is 0 Å². The largest absolute Gasteiger partial charge is 0.497 e. The molecule has 162 valence electrons. The molecule has 1 amide bonds. The third kappa shape index (κ3) is 4.07. The molecule has 0 aliphatic heterocycles. The van der Waals surface area contributed by atoms with Crippen molar-refractivity contribution in [3.05, 3.63) is 78.2 Å². The van der Waals surface area contributed by atoms with Gasteiger partial charge in [-0.25, -0.2) is 4.98 Å². The molecule has 6 nitrogen and oxygen atoms in total. The van der Waals surface area contributed by atoms with Crippen LogP contribution in [-0.2, 0) is 4.79 Å². The van der Waals surface area contributed by atoms with E-state index in [-0.39, 0.29) is 5.91 Å². The van der Waals surface area contributed by atoms with Crippen molar-refractivity contribution in [1.29, 1.82) is 0 Å². The molecule has 2 aromatic heterocycles. The van der Waals surface area contributed by atoms with E-state index in [1.165, 1.54) is 0 Å². The van der Waals surface area contributed by atoms with E-state index < -0.39 is 0 Å². The van der Waals surface area contributed by atoms with Gasteiger partial charge in [-0.05, 0) is 55.3 Å². The van der Waals surface area contributed by atoms with E-state index in [0.29, 0.717) is 11.6 Å². The van der Waals surface area contributed by atoms with Crippen molar-refractivity contribution in [3.8, 4) is 22.6 Å². The number of fused-ring (bicyclic) bond motifs is 1. The van der Waals surface area contributed by atoms with Crippen molar-refractivity contribution in [3.63, 3.8) is 0 Å². The summed E-state index contributed by atoms with van der Waals surface area (Å²) in [6.45, 7) is 3.83. The van der Waals surface area contributed by atoms with Crippen molar-refractivity contribution in [1.82, 2.24) is 4.98 Å². The molecule has 0 aliphatic rings. The van der Waals surface area contributed by atoms with Crippen LogP contribution in [0.5, 0.6) is 11.5 Å². The fourth-order valence-electron chi connectivity index (χ4n) is 3.74. The Balaban J connectivity index is 1.76. The predicted octanol–water partition coefficient (Wildman–Crippen LogP) is 5.86. The normalized spacial score (nSPS) is 11.4. The Kier molecular flexibility index (Phi) is 5.94. The zero-order valence-electron chi connectivity index (χ0n) is 18.4. The third-order valence-electron chi connectivity index (χ3n) is 5.34. The van der Waals surface area contributed by atoms with Crippen LogP contribution < -0.4 is 14.8 Å². The monoisotopic (exact) mass is 428 g/mol. The highest BCUT2D eigenvalue weighted by Crippen LogP contribution is 2.40. The van der Waals surface area contributed by atoms with Gasteiger partial charge in [0.15, 0.2) is 0 Å². The van der Waals surface area contributed by atoms with Gasteiger partial charge in [-0.2, -0.15) is 0 Å². The first kappa shape index (κ1) is 21.2. The Morgan fingerprint density at radius 3 is 2.53 bits per heavy atom. The van der Waals surface area contributed by atoms with Gasteiger partial charge in [-0.3, -0.25) is 4.79 Å².